The minimum Gasteiger partial charge on any atom is -0.481 e. The van der Waals surface area contributed by atoms with E-state index in [2.05, 4.69) is 0 Å². The molecular formula is C6H13BN2O3. The second-order valence-electron chi connectivity index (χ2n) is 3.19. The molecule has 0 bridgehead atoms. The molecule has 2 atom stereocenters. The SMILES string of the molecule is CB(O)N1C[C@@H](N)[C@H](C(=O)O)C1. The Balaban J connectivity index is 2.56. The lowest BCUT2D eigenvalue weighted by molar-refractivity contribution is -0.141. The van der Waals surface area contributed by atoms with Gasteiger partial charge in [0.2, 0.25) is 0 Å². The van der Waals surface area contributed by atoms with Gasteiger partial charge in [-0.25, -0.2) is 0 Å². The van der Waals surface area contributed by atoms with Gasteiger partial charge in [-0.2, -0.15) is 0 Å². The first-order chi connectivity index (χ1) is 5.52. The van der Waals surface area contributed by atoms with Crippen LogP contribution in [0.1, 0.15) is 0 Å². The molecule has 0 saturated carbocycles. The molecule has 5 nitrogen and oxygen atoms in total. The van der Waals surface area contributed by atoms with Gasteiger partial charge in [-0.15, -0.1) is 0 Å². The van der Waals surface area contributed by atoms with E-state index < -0.39 is 18.9 Å². The highest BCUT2D eigenvalue weighted by molar-refractivity contribution is 6.45. The maximum absolute atomic E-state index is 10.6. The number of carboxylic acids is 1. The van der Waals surface area contributed by atoms with Gasteiger partial charge in [0, 0.05) is 19.1 Å². The van der Waals surface area contributed by atoms with Crippen LogP contribution in [0, 0.1) is 5.92 Å². The van der Waals surface area contributed by atoms with E-state index in [0.717, 1.165) is 0 Å². The van der Waals surface area contributed by atoms with Gasteiger partial charge in [-0.3, -0.25) is 4.79 Å². The highest BCUT2D eigenvalue weighted by Crippen LogP contribution is 2.15. The Morgan fingerprint density at radius 1 is 1.67 bits per heavy atom. The number of nitrogens with two attached hydrogens (primary N) is 1. The molecule has 0 aromatic rings. The summed E-state index contributed by atoms with van der Waals surface area (Å²) in [6, 6.07) is -0.364. The fourth-order valence-electron chi connectivity index (χ4n) is 1.43. The molecule has 0 radical (unpaired) electrons. The second-order valence-corrected chi connectivity index (χ2v) is 3.19. The monoisotopic (exact) mass is 172 g/mol. The molecule has 1 saturated heterocycles. The topological polar surface area (TPSA) is 86.8 Å². The highest BCUT2D eigenvalue weighted by Gasteiger charge is 2.37. The molecule has 1 heterocycles. The number of nitrogens with zero attached hydrogens (tertiary/aromatic N) is 1. The van der Waals surface area contributed by atoms with Gasteiger partial charge < -0.3 is 20.7 Å². The van der Waals surface area contributed by atoms with Crippen molar-refractivity contribution in [2.24, 2.45) is 11.7 Å². The maximum Gasteiger partial charge on any atom is 0.376 e. The summed E-state index contributed by atoms with van der Waals surface area (Å²) in [7, 11) is -0.611. The predicted molar refractivity (Wildman–Crippen MR) is 44.5 cm³/mol. The smallest absolute Gasteiger partial charge is 0.376 e. The van der Waals surface area contributed by atoms with Crippen LogP contribution in [0.5, 0.6) is 0 Å². The molecular weight excluding hydrogens is 159 g/mol. The van der Waals surface area contributed by atoms with E-state index in [-0.39, 0.29) is 6.04 Å². The molecule has 1 fully saturated rings. The fourth-order valence-corrected chi connectivity index (χ4v) is 1.43. The Hall–Kier alpha value is -0.585. The van der Waals surface area contributed by atoms with E-state index in [0.29, 0.717) is 13.1 Å². The van der Waals surface area contributed by atoms with E-state index in [4.69, 9.17) is 15.9 Å². The standard InChI is InChI=1S/C6H13BN2O3/c1-7(12)9-2-4(6(10)11)5(8)3-9/h4-5,12H,2-3,8H2,1H3,(H,10,11)/t4-,5-/m1/s1. The minimum atomic E-state index is -0.884. The molecule has 6 heteroatoms. The Morgan fingerprint density at radius 2 is 2.25 bits per heavy atom. The average Bonchev–Trinajstić information content (AvgIpc) is 2.30. The van der Waals surface area contributed by atoms with Crippen molar-refractivity contribution in [3.05, 3.63) is 0 Å². The lowest BCUT2D eigenvalue weighted by atomic mass is 9.86. The van der Waals surface area contributed by atoms with Crippen molar-refractivity contribution in [3.63, 3.8) is 0 Å². The van der Waals surface area contributed by atoms with Crippen LogP contribution in [0.15, 0.2) is 0 Å². The van der Waals surface area contributed by atoms with Gasteiger partial charge in [0.15, 0.2) is 0 Å². The number of hydrogen-bond acceptors (Lipinski definition) is 4. The van der Waals surface area contributed by atoms with Crippen LogP contribution < -0.4 is 5.73 Å². The van der Waals surface area contributed by atoms with Crippen LogP contribution in [-0.2, 0) is 4.79 Å². The van der Waals surface area contributed by atoms with Gasteiger partial charge in [-0.1, -0.05) is 0 Å². The largest absolute Gasteiger partial charge is 0.481 e. The van der Waals surface area contributed by atoms with Gasteiger partial charge in [0.1, 0.15) is 0 Å². The Kier molecular flexibility index (Phi) is 2.71. The summed E-state index contributed by atoms with van der Waals surface area (Å²) in [4.78, 5) is 12.2. The molecule has 0 unspecified atom stereocenters. The van der Waals surface area contributed by atoms with Crippen molar-refractivity contribution in [2.45, 2.75) is 12.9 Å². The second kappa shape index (κ2) is 3.43. The van der Waals surface area contributed by atoms with Crippen LogP contribution in [0.2, 0.25) is 6.82 Å². The van der Waals surface area contributed by atoms with Crippen molar-refractivity contribution in [1.82, 2.24) is 4.81 Å². The van der Waals surface area contributed by atoms with E-state index in [9.17, 15) is 4.79 Å². The quantitative estimate of drug-likeness (QED) is 0.438. The molecule has 0 aromatic heterocycles. The van der Waals surface area contributed by atoms with Crippen LogP contribution in [-0.4, -0.2) is 47.1 Å². The maximum atomic E-state index is 10.6. The summed E-state index contributed by atoms with van der Waals surface area (Å²) in [5.41, 5.74) is 5.57. The zero-order chi connectivity index (χ0) is 9.30. The third kappa shape index (κ3) is 1.77. The summed E-state index contributed by atoms with van der Waals surface area (Å²) in [5.74, 6) is -1.43. The molecule has 1 aliphatic heterocycles. The van der Waals surface area contributed by atoms with Crippen molar-refractivity contribution < 1.29 is 14.9 Å². The Labute approximate surface area is 71.3 Å². The van der Waals surface area contributed by atoms with Crippen LogP contribution >= 0.6 is 0 Å². The van der Waals surface area contributed by atoms with Crippen LogP contribution in [0.4, 0.5) is 0 Å². The van der Waals surface area contributed by atoms with Gasteiger partial charge in [0.25, 0.3) is 0 Å². The molecule has 12 heavy (non-hydrogen) atoms. The van der Waals surface area contributed by atoms with Crippen molar-refractivity contribution >= 4 is 13.0 Å². The molecule has 1 rings (SSSR count). The predicted octanol–water partition coefficient (Wildman–Crippen LogP) is -1.56. The van der Waals surface area contributed by atoms with Crippen LogP contribution in [0.25, 0.3) is 0 Å². The summed E-state index contributed by atoms with van der Waals surface area (Å²) < 4.78 is 0. The zero-order valence-corrected chi connectivity index (χ0v) is 6.97. The Bertz CT molecular complexity index is 188. The zero-order valence-electron chi connectivity index (χ0n) is 6.97. The highest BCUT2D eigenvalue weighted by atomic mass is 16.4. The summed E-state index contributed by atoms with van der Waals surface area (Å²) in [6.45, 7) is 2.40. The van der Waals surface area contributed by atoms with E-state index >= 15 is 0 Å². The summed E-state index contributed by atoms with van der Waals surface area (Å²) in [6.07, 6.45) is 0. The third-order valence-corrected chi connectivity index (χ3v) is 2.24. The first-order valence-electron chi connectivity index (χ1n) is 3.93. The van der Waals surface area contributed by atoms with E-state index in [1.54, 1.807) is 11.6 Å². The molecule has 0 aliphatic carbocycles. The number of aliphatic carboxylic acids is 1. The van der Waals surface area contributed by atoms with Crippen LogP contribution in [0.3, 0.4) is 0 Å². The van der Waals surface area contributed by atoms with Gasteiger partial charge in [0.05, 0.1) is 5.92 Å². The lowest BCUT2D eigenvalue weighted by Crippen LogP contribution is -2.37. The average molecular weight is 172 g/mol. The number of hydrogen-bond donors (Lipinski definition) is 3. The van der Waals surface area contributed by atoms with Crippen molar-refractivity contribution in [3.8, 4) is 0 Å². The first kappa shape index (κ1) is 9.50. The first-order valence-corrected chi connectivity index (χ1v) is 3.93. The summed E-state index contributed by atoms with van der Waals surface area (Å²) in [5, 5.41) is 17.8. The number of carboxylic acid groups (broad SMARTS) is 1. The van der Waals surface area contributed by atoms with Crippen molar-refractivity contribution in [1.29, 1.82) is 0 Å². The van der Waals surface area contributed by atoms with Gasteiger partial charge in [-0.05, 0) is 6.82 Å². The Morgan fingerprint density at radius 3 is 2.50 bits per heavy atom. The molecule has 68 valence electrons. The summed E-state index contributed by atoms with van der Waals surface area (Å²) >= 11 is 0. The lowest BCUT2D eigenvalue weighted by Gasteiger charge is -2.14. The molecule has 4 N–H and O–H groups in total. The van der Waals surface area contributed by atoms with E-state index in [1.165, 1.54) is 0 Å². The third-order valence-electron chi connectivity index (χ3n) is 2.24. The number of rotatable bonds is 2. The molecule has 0 aromatic carbocycles. The molecule has 0 amide bonds. The number of carbonyl (C=O) groups is 1. The molecule has 0 spiro atoms. The van der Waals surface area contributed by atoms with Crippen molar-refractivity contribution in [2.75, 3.05) is 13.1 Å². The fraction of sp³-hybridized carbons (Fsp3) is 0.833. The normalized spacial score (nSPS) is 30.6. The minimum absolute atomic E-state index is 0.341. The van der Waals surface area contributed by atoms with E-state index in [1.807, 2.05) is 0 Å². The van der Waals surface area contributed by atoms with Gasteiger partial charge >= 0.3 is 13.0 Å². The molecule has 1 aliphatic rings.